The first-order chi connectivity index (χ1) is 10.7. The summed E-state index contributed by atoms with van der Waals surface area (Å²) in [5.41, 5.74) is 2.99. The molecule has 114 valence electrons. The van der Waals surface area contributed by atoms with E-state index >= 15 is 0 Å². The minimum Gasteiger partial charge on any atom is -0.341 e. The molecule has 5 heteroatoms. The number of fused-ring (bicyclic) bond motifs is 1. The fraction of sp³-hybridized carbons (Fsp3) is 0.353. The Labute approximate surface area is 132 Å². The maximum Gasteiger partial charge on any atom is 0.125 e. The zero-order chi connectivity index (χ0) is 15.1. The Hall–Kier alpha value is -1.72. The van der Waals surface area contributed by atoms with Crippen LogP contribution in [0.2, 0.25) is 0 Å². The molecule has 1 unspecified atom stereocenters. The van der Waals surface area contributed by atoms with Crippen molar-refractivity contribution >= 4 is 22.4 Å². The monoisotopic (exact) mass is 315 g/mol. The van der Waals surface area contributed by atoms with Crippen molar-refractivity contribution in [3.05, 3.63) is 51.7 Å². The number of benzene rings is 1. The molecule has 1 saturated heterocycles. The molecule has 0 aliphatic carbocycles. The number of halogens is 1. The van der Waals surface area contributed by atoms with Crippen molar-refractivity contribution < 1.29 is 4.39 Å². The summed E-state index contributed by atoms with van der Waals surface area (Å²) >= 11 is 1.82. The molecule has 1 fully saturated rings. The molecule has 0 saturated carbocycles. The minimum absolute atomic E-state index is 0.222. The van der Waals surface area contributed by atoms with Crippen LogP contribution in [0.5, 0.6) is 0 Å². The molecule has 3 aromatic rings. The summed E-state index contributed by atoms with van der Waals surface area (Å²) in [5, 5.41) is 2.15. The van der Waals surface area contributed by atoms with Gasteiger partial charge >= 0.3 is 0 Å². The van der Waals surface area contributed by atoms with E-state index in [-0.39, 0.29) is 5.82 Å². The first-order valence-electron chi connectivity index (χ1n) is 7.63. The quantitative estimate of drug-likeness (QED) is 0.776. The lowest BCUT2D eigenvalue weighted by Gasteiger charge is -2.22. The normalized spacial score (nSPS) is 19.3. The van der Waals surface area contributed by atoms with E-state index in [1.807, 2.05) is 11.3 Å². The van der Waals surface area contributed by atoms with Gasteiger partial charge in [-0.25, -0.2) is 9.37 Å². The van der Waals surface area contributed by atoms with Crippen molar-refractivity contribution in [2.24, 2.45) is 0 Å². The van der Waals surface area contributed by atoms with Gasteiger partial charge in [-0.05, 0) is 61.5 Å². The molecule has 1 N–H and O–H groups in total. The summed E-state index contributed by atoms with van der Waals surface area (Å²) < 4.78 is 13.3. The Morgan fingerprint density at radius 2 is 2.32 bits per heavy atom. The van der Waals surface area contributed by atoms with Crippen LogP contribution in [0, 0.1) is 12.7 Å². The van der Waals surface area contributed by atoms with Crippen molar-refractivity contribution in [2.45, 2.75) is 32.4 Å². The lowest BCUT2D eigenvalue weighted by molar-refractivity contribution is 0.243. The summed E-state index contributed by atoms with van der Waals surface area (Å²) in [6.45, 7) is 4.23. The number of hydrogen-bond donors (Lipinski definition) is 1. The van der Waals surface area contributed by atoms with Crippen molar-refractivity contribution in [1.82, 2.24) is 14.9 Å². The predicted molar refractivity (Wildman–Crippen MR) is 87.5 cm³/mol. The first-order valence-corrected chi connectivity index (χ1v) is 8.51. The largest absolute Gasteiger partial charge is 0.341 e. The summed E-state index contributed by atoms with van der Waals surface area (Å²) in [6, 6.07) is 7.21. The van der Waals surface area contributed by atoms with E-state index < -0.39 is 0 Å². The number of hydrogen-bond acceptors (Lipinski definition) is 3. The van der Waals surface area contributed by atoms with Gasteiger partial charge in [0.1, 0.15) is 11.6 Å². The molecule has 1 aliphatic heterocycles. The van der Waals surface area contributed by atoms with Crippen molar-refractivity contribution in [3.8, 4) is 0 Å². The Morgan fingerprint density at radius 3 is 3.14 bits per heavy atom. The minimum atomic E-state index is -0.222. The molecule has 4 rings (SSSR count). The van der Waals surface area contributed by atoms with Crippen LogP contribution in [-0.2, 0) is 6.54 Å². The Kier molecular flexibility index (Phi) is 3.47. The summed E-state index contributed by atoms with van der Waals surface area (Å²) in [4.78, 5) is 11.9. The summed E-state index contributed by atoms with van der Waals surface area (Å²) in [7, 11) is 0. The number of aryl methyl sites for hydroxylation is 1. The molecule has 2 aromatic heterocycles. The van der Waals surface area contributed by atoms with Gasteiger partial charge < -0.3 is 4.98 Å². The third-order valence-corrected chi connectivity index (χ3v) is 5.46. The van der Waals surface area contributed by atoms with Crippen LogP contribution < -0.4 is 0 Å². The topological polar surface area (TPSA) is 31.9 Å². The van der Waals surface area contributed by atoms with Gasteiger partial charge in [-0.2, -0.15) is 0 Å². The second-order valence-electron chi connectivity index (χ2n) is 5.94. The van der Waals surface area contributed by atoms with E-state index in [9.17, 15) is 4.39 Å². The number of imidazole rings is 1. The molecule has 0 radical (unpaired) electrons. The number of aromatic amines is 1. The number of nitrogens with zero attached hydrogens (tertiary/aromatic N) is 2. The molecule has 0 amide bonds. The average Bonchev–Trinajstić information content (AvgIpc) is 3.19. The van der Waals surface area contributed by atoms with Crippen LogP contribution in [0.1, 0.15) is 35.1 Å². The van der Waals surface area contributed by atoms with Gasteiger partial charge in [0.05, 0.1) is 17.1 Å². The zero-order valence-corrected chi connectivity index (χ0v) is 13.3. The maximum atomic E-state index is 13.3. The molecule has 3 nitrogen and oxygen atoms in total. The lowest BCUT2D eigenvalue weighted by Crippen LogP contribution is -2.23. The SMILES string of the molecule is Cc1ccsc1CN1CCCC1c1nc2ccc(F)cc2[nH]1. The second-order valence-corrected chi connectivity index (χ2v) is 6.94. The first kappa shape index (κ1) is 13.9. The highest BCUT2D eigenvalue weighted by atomic mass is 32.1. The number of aromatic nitrogens is 2. The molecule has 0 spiro atoms. The highest BCUT2D eigenvalue weighted by Gasteiger charge is 2.29. The second kappa shape index (κ2) is 5.48. The highest BCUT2D eigenvalue weighted by molar-refractivity contribution is 7.10. The third-order valence-electron chi connectivity index (χ3n) is 4.46. The van der Waals surface area contributed by atoms with Gasteiger partial charge in [-0.1, -0.05) is 0 Å². The van der Waals surface area contributed by atoms with E-state index in [1.54, 1.807) is 6.07 Å². The van der Waals surface area contributed by atoms with E-state index in [0.29, 0.717) is 6.04 Å². The fourth-order valence-corrected chi connectivity index (χ4v) is 4.17. The van der Waals surface area contributed by atoms with Crippen LogP contribution in [0.15, 0.2) is 29.6 Å². The molecular weight excluding hydrogens is 297 g/mol. The predicted octanol–water partition coefficient (Wildman–Crippen LogP) is 4.41. The molecule has 1 aromatic carbocycles. The van der Waals surface area contributed by atoms with E-state index in [1.165, 1.54) is 29.0 Å². The summed E-state index contributed by atoms with van der Waals surface area (Å²) in [5.74, 6) is 0.743. The molecule has 22 heavy (non-hydrogen) atoms. The van der Waals surface area contributed by atoms with Crippen LogP contribution in [0.25, 0.3) is 11.0 Å². The standard InChI is InChI=1S/C17H18FN3S/c1-11-6-8-22-16(11)10-21-7-2-3-15(21)17-19-13-5-4-12(18)9-14(13)20-17/h4-6,8-9,15H,2-3,7,10H2,1H3,(H,19,20). The molecule has 1 atom stereocenters. The van der Waals surface area contributed by atoms with Gasteiger partial charge in [-0.15, -0.1) is 11.3 Å². The Balaban J connectivity index is 1.63. The molecular formula is C17H18FN3S. The van der Waals surface area contributed by atoms with Gasteiger partial charge in [0, 0.05) is 11.4 Å². The van der Waals surface area contributed by atoms with Crippen LogP contribution >= 0.6 is 11.3 Å². The number of likely N-dealkylation sites (tertiary alicyclic amines) is 1. The van der Waals surface area contributed by atoms with Crippen LogP contribution in [-0.4, -0.2) is 21.4 Å². The van der Waals surface area contributed by atoms with E-state index in [0.717, 1.165) is 36.4 Å². The van der Waals surface area contributed by atoms with Crippen molar-refractivity contribution in [2.75, 3.05) is 6.54 Å². The maximum absolute atomic E-state index is 13.3. The van der Waals surface area contributed by atoms with Gasteiger partial charge in [0.15, 0.2) is 0 Å². The van der Waals surface area contributed by atoms with Gasteiger partial charge in [-0.3, -0.25) is 4.90 Å². The smallest absolute Gasteiger partial charge is 0.125 e. The Bertz CT molecular complexity index is 807. The third kappa shape index (κ3) is 2.44. The number of rotatable bonds is 3. The summed E-state index contributed by atoms with van der Waals surface area (Å²) in [6.07, 6.45) is 2.28. The van der Waals surface area contributed by atoms with Gasteiger partial charge in [0.25, 0.3) is 0 Å². The van der Waals surface area contributed by atoms with Crippen LogP contribution in [0.4, 0.5) is 4.39 Å². The van der Waals surface area contributed by atoms with Gasteiger partial charge in [0.2, 0.25) is 0 Å². The van der Waals surface area contributed by atoms with Crippen molar-refractivity contribution in [1.29, 1.82) is 0 Å². The number of thiophene rings is 1. The van der Waals surface area contributed by atoms with E-state index in [2.05, 4.69) is 33.2 Å². The fourth-order valence-electron chi connectivity index (χ4n) is 3.23. The highest BCUT2D eigenvalue weighted by Crippen LogP contribution is 2.34. The Morgan fingerprint density at radius 1 is 1.41 bits per heavy atom. The number of H-pyrrole nitrogens is 1. The number of nitrogens with one attached hydrogen (secondary N) is 1. The molecule has 0 bridgehead atoms. The lowest BCUT2D eigenvalue weighted by atomic mass is 10.2. The molecule has 1 aliphatic rings. The van der Waals surface area contributed by atoms with E-state index in [4.69, 9.17) is 0 Å². The zero-order valence-electron chi connectivity index (χ0n) is 12.5. The molecule has 3 heterocycles. The van der Waals surface area contributed by atoms with Crippen molar-refractivity contribution in [3.63, 3.8) is 0 Å². The average molecular weight is 315 g/mol. The van der Waals surface area contributed by atoms with Crippen LogP contribution in [0.3, 0.4) is 0 Å².